The second kappa shape index (κ2) is 8.93. The summed E-state index contributed by atoms with van der Waals surface area (Å²) < 4.78 is 29.4. The highest BCUT2D eigenvalue weighted by molar-refractivity contribution is 6.06. The van der Waals surface area contributed by atoms with Crippen molar-refractivity contribution in [3.63, 3.8) is 0 Å². The Bertz CT molecular complexity index is 1220. The minimum Gasteiger partial charge on any atom is -0.478 e. The van der Waals surface area contributed by atoms with Crippen LogP contribution in [0.25, 0.3) is 22.6 Å². The third kappa shape index (κ3) is 4.61. The number of pyridine rings is 1. The van der Waals surface area contributed by atoms with Gasteiger partial charge in [0, 0.05) is 5.39 Å². The van der Waals surface area contributed by atoms with E-state index in [4.69, 9.17) is 4.98 Å². The van der Waals surface area contributed by atoms with Crippen molar-refractivity contribution in [1.29, 1.82) is 0 Å². The summed E-state index contributed by atoms with van der Waals surface area (Å²) in [6.07, 6.45) is 4.35. The highest BCUT2D eigenvalue weighted by Gasteiger charge is 2.36. The van der Waals surface area contributed by atoms with Crippen molar-refractivity contribution in [3.05, 3.63) is 70.9 Å². The van der Waals surface area contributed by atoms with E-state index in [1.54, 1.807) is 12.1 Å². The van der Waals surface area contributed by atoms with Gasteiger partial charge in [-0.25, -0.2) is 9.78 Å². The maximum Gasteiger partial charge on any atom is 0.387 e. The first kappa shape index (κ1) is 22.9. The molecule has 4 rings (SSSR count). The van der Waals surface area contributed by atoms with Crippen molar-refractivity contribution in [1.82, 2.24) is 4.98 Å². The molecule has 0 spiro atoms. The highest BCUT2D eigenvalue weighted by Crippen LogP contribution is 2.46. The molecule has 0 fully saturated rings. The minimum absolute atomic E-state index is 0.00710. The highest BCUT2D eigenvalue weighted by atomic mass is 19.3. The number of carboxylic acids is 1. The molecule has 0 bridgehead atoms. The Balaban J connectivity index is 1.89. The normalized spacial score (nSPS) is 17.4. The van der Waals surface area contributed by atoms with Crippen LogP contribution in [0.4, 0.5) is 8.78 Å². The molecule has 1 unspecified atom stereocenters. The fraction of sp³-hybridized carbons (Fsp3) is 0.333. The number of fused-ring (bicyclic) bond motifs is 2. The summed E-state index contributed by atoms with van der Waals surface area (Å²) in [6, 6.07) is 13.8. The van der Waals surface area contributed by atoms with Gasteiger partial charge in [0.05, 0.1) is 16.8 Å². The summed E-state index contributed by atoms with van der Waals surface area (Å²) in [5.74, 6) is -0.616. The molecule has 1 aromatic heterocycles. The molecular weight excluding hydrogens is 424 g/mol. The third-order valence-corrected chi connectivity index (χ3v) is 6.89. The maximum absolute atomic E-state index is 12.5. The summed E-state index contributed by atoms with van der Waals surface area (Å²) in [5.41, 5.74) is 4.22. The van der Waals surface area contributed by atoms with E-state index in [2.05, 4.69) is 25.5 Å². The van der Waals surface area contributed by atoms with E-state index in [1.165, 1.54) is 12.1 Å². The number of benzene rings is 2. The van der Waals surface area contributed by atoms with Gasteiger partial charge >= 0.3 is 12.6 Å². The molecule has 1 aliphatic carbocycles. The number of halogens is 2. The lowest BCUT2D eigenvalue weighted by Crippen LogP contribution is -2.30. The monoisotopic (exact) mass is 451 g/mol. The molecule has 1 atom stereocenters. The van der Waals surface area contributed by atoms with Crippen LogP contribution in [0.5, 0.6) is 5.75 Å². The molecule has 1 aliphatic rings. The zero-order chi connectivity index (χ0) is 23.8. The van der Waals surface area contributed by atoms with E-state index in [0.717, 1.165) is 29.5 Å². The second-order valence-corrected chi connectivity index (χ2v) is 9.20. The lowest BCUT2D eigenvalue weighted by Gasteiger charge is -2.38. The van der Waals surface area contributed by atoms with Crippen LogP contribution in [0.2, 0.25) is 0 Å². The number of alkyl halides is 2. The Morgan fingerprint density at radius 2 is 1.88 bits per heavy atom. The lowest BCUT2D eigenvalue weighted by molar-refractivity contribution is -0.0498. The first-order valence-corrected chi connectivity index (χ1v) is 11.1. The van der Waals surface area contributed by atoms with Crippen molar-refractivity contribution in [3.8, 4) is 5.75 Å². The number of carbonyl (C=O) groups is 1. The Morgan fingerprint density at radius 3 is 2.52 bits per heavy atom. The summed E-state index contributed by atoms with van der Waals surface area (Å²) in [4.78, 5) is 17.3. The van der Waals surface area contributed by atoms with Gasteiger partial charge in [-0.1, -0.05) is 57.5 Å². The quantitative estimate of drug-likeness (QED) is 0.435. The molecule has 1 N–H and O–H groups in total. The number of carboxylic acid groups (broad SMARTS) is 1. The van der Waals surface area contributed by atoms with Crippen LogP contribution in [0.3, 0.4) is 0 Å². The average Bonchev–Trinajstić information content (AvgIpc) is 2.78. The number of nitrogens with zero attached hydrogens (tertiary/aromatic N) is 1. The second-order valence-electron chi connectivity index (χ2n) is 9.20. The van der Waals surface area contributed by atoms with E-state index >= 15 is 0 Å². The van der Waals surface area contributed by atoms with Gasteiger partial charge < -0.3 is 9.84 Å². The molecule has 33 heavy (non-hydrogen) atoms. The van der Waals surface area contributed by atoms with E-state index in [-0.39, 0.29) is 17.1 Å². The van der Waals surface area contributed by atoms with Gasteiger partial charge in [-0.15, -0.1) is 0 Å². The molecule has 1 heterocycles. The van der Waals surface area contributed by atoms with Gasteiger partial charge in [0.25, 0.3) is 0 Å². The molecule has 0 radical (unpaired) electrons. The molecular formula is C27H27F2NO3. The largest absolute Gasteiger partial charge is 0.478 e. The zero-order valence-corrected chi connectivity index (χ0v) is 18.9. The predicted molar refractivity (Wildman–Crippen MR) is 126 cm³/mol. The maximum atomic E-state index is 12.5. The molecule has 172 valence electrons. The Hall–Kier alpha value is -3.28. The van der Waals surface area contributed by atoms with Gasteiger partial charge in [-0.2, -0.15) is 8.78 Å². The molecule has 0 amide bonds. The van der Waals surface area contributed by atoms with Crippen LogP contribution in [0, 0.1) is 11.3 Å². The topological polar surface area (TPSA) is 59.4 Å². The first-order chi connectivity index (χ1) is 15.7. The number of allylic oxidation sites excluding steroid dienone is 1. The molecule has 6 heteroatoms. The summed E-state index contributed by atoms with van der Waals surface area (Å²) >= 11 is 0. The standard InChI is InChI=1S/C27H27F2NO3/c1-4-27(2,3)18-14-17(13-16-9-11-19(12-10-16)33-26(28)29)24-21(15-18)23(25(31)32)20-7-5-6-8-22(20)30-24/h5-13,18,26H,4,14-15H2,1-3H3,(H,31,32). The van der Waals surface area contributed by atoms with Crippen LogP contribution in [0.15, 0.2) is 48.5 Å². The number of ether oxygens (including phenoxy) is 1. The molecule has 4 nitrogen and oxygen atoms in total. The number of aromatic nitrogens is 1. The Morgan fingerprint density at radius 1 is 1.18 bits per heavy atom. The van der Waals surface area contributed by atoms with Crippen LogP contribution < -0.4 is 4.74 Å². The first-order valence-electron chi connectivity index (χ1n) is 11.1. The molecule has 3 aromatic rings. The van der Waals surface area contributed by atoms with Crippen LogP contribution in [-0.4, -0.2) is 22.7 Å². The fourth-order valence-electron chi connectivity index (χ4n) is 4.56. The smallest absolute Gasteiger partial charge is 0.387 e. The van der Waals surface area contributed by atoms with Crippen molar-refractivity contribution in [2.75, 3.05) is 0 Å². The Labute approximate surface area is 191 Å². The van der Waals surface area contributed by atoms with E-state index in [9.17, 15) is 18.7 Å². The third-order valence-electron chi connectivity index (χ3n) is 6.89. The zero-order valence-electron chi connectivity index (χ0n) is 18.9. The van der Waals surface area contributed by atoms with Gasteiger partial charge in [0.1, 0.15) is 5.75 Å². The summed E-state index contributed by atoms with van der Waals surface area (Å²) in [6.45, 7) is 3.71. The number of rotatable bonds is 6. The number of aromatic carboxylic acids is 1. The predicted octanol–water partition coefficient (Wildman–Crippen LogP) is 7.07. The fourth-order valence-corrected chi connectivity index (χ4v) is 4.56. The van der Waals surface area contributed by atoms with E-state index < -0.39 is 12.6 Å². The van der Waals surface area contributed by atoms with Crippen molar-refractivity contribution in [2.24, 2.45) is 11.3 Å². The molecule has 2 aromatic carbocycles. The van der Waals surface area contributed by atoms with E-state index in [0.29, 0.717) is 28.6 Å². The van der Waals surface area contributed by atoms with Gasteiger partial charge in [-0.3, -0.25) is 0 Å². The van der Waals surface area contributed by atoms with Crippen LogP contribution >= 0.6 is 0 Å². The molecule has 0 aliphatic heterocycles. The van der Waals surface area contributed by atoms with Crippen molar-refractivity contribution < 1.29 is 23.4 Å². The van der Waals surface area contributed by atoms with E-state index in [1.807, 2.05) is 30.3 Å². The number of hydrogen-bond acceptors (Lipinski definition) is 3. The number of para-hydroxylation sites is 1. The van der Waals surface area contributed by atoms with Gasteiger partial charge in [-0.05, 0) is 65.1 Å². The summed E-state index contributed by atoms with van der Waals surface area (Å²) in [5, 5.41) is 10.8. The van der Waals surface area contributed by atoms with Crippen LogP contribution in [0.1, 0.15) is 60.8 Å². The SMILES string of the molecule is CCC(C)(C)C1CC(=Cc2ccc(OC(F)F)cc2)c2nc3ccccc3c(C(=O)O)c2C1. The lowest BCUT2D eigenvalue weighted by atomic mass is 9.67. The Kier molecular flexibility index (Phi) is 6.19. The molecule has 0 saturated carbocycles. The summed E-state index contributed by atoms with van der Waals surface area (Å²) in [7, 11) is 0. The van der Waals surface area contributed by atoms with Gasteiger partial charge in [0.15, 0.2) is 0 Å². The minimum atomic E-state index is -2.87. The van der Waals surface area contributed by atoms with Crippen LogP contribution in [-0.2, 0) is 6.42 Å². The average molecular weight is 452 g/mol. The molecule has 0 saturated heterocycles. The van der Waals surface area contributed by atoms with Gasteiger partial charge in [0.2, 0.25) is 0 Å². The van der Waals surface area contributed by atoms with Crippen molar-refractivity contribution >= 4 is 28.5 Å². The number of hydrogen-bond donors (Lipinski definition) is 1. The van der Waals surface area contributed by atoms with Crippen molar-refractivity contribution in [2.45, 2.75) is 46.6 Å².